The van der Waals surface area contributed by atoms with E-state index in [1.54, 1.807) is 31.3 Å². The minimum Gasteiger partial charge on any atom is -0.380 e. The van der Waals surface area contributed by atoms with Gasteiger partial charge in [-0.15, -0.1) is 0 Å². The summed E-state index contributed by atoms with van der Waals surface area (Å²) in [6.07, 6.45) is 6.17. The van der Waals surface area contributed by atoms with Crippen molar-refractivity contribution in [2.45, 2.75) is 22.9 Å². The molecule has 0 spiro atoms. The first-order valence-electron chi connectivity index (χ1n) is 10.4. The first kappa shape index (κ1) is 20.5. The molecular formula is C25H23N5OS. The van der Waals surface area contributed by atoms with Crippen LogP contribution in [0.3, 0.4) is 0 Å². The highest BCUT2D eigenvalue weighted by atomic mass is 32.2. The summed E-state index contributed by atoms with van der Waals surface area (Å²) in [5.41, 5.74) is 5.58. The van der Waals surface area contributed by atoms with Crippen molar-refractivity contribution >= 4 is 29.0 Å². The van der Waals surface area contributed by atoms with Crippen LogP contribution in [0, 0.1) is 0 Å². The predicted molar refractivity (Wildman–Crippen MR) is 127 cm³/mol. The van der Waals surface area contributed by atoms with E-state index in [1.807, 2.05) is 12.3 Å². The van der Waals surface area contributed by atoms with Crippen LogP contribution in [0.2, 0.25) is 0 Å². The van der Waals surface area contributed by atoms with Gasteiger partial charge < -0.3 is 10.1 Å². The van der Waals surface area contributed by atoms with Crippen LogP contribution >= 0.6 is 11.8 Å². The molecule has 0 bridgehead atoms. The average molecular weight is 442 g/mol. The van der Waals surface area contributed by atoms with Gasteiger partial charge in [0.25, 0.3) is 0 Å². The largest absolute Gasteiger partial charge is 0.380 e. The molecule has 1 aliphatic rings. The van der Waals surface area contributed by atoms with Crippen LogP contribution in [-0.4, -0.2) is 28.8 Å². The lowest BCUT2D eigenvalue weighted by Gasteiger charge is -2.30. The van der Waals surface area contributed by atoms with Gasteiger partial charge >= 0.3 is 0 Å². The van der Waals surface area contributed by atoms with Crippen molar-refractivity contribution in [2.24, 2.45) is 0 Å². The Morgan fingerprint density at radius 2 is 1.81 bits per heavy atom. The fourth-order valence-electron chi connectivity index (χ4n) is 3.67. The Labute approximate surface area is 191 Å². The van der Waals surface area contributed by atoms with Gasteiger partial charge in [0.1, 0.15) is 11.8 Å². The van der Waals surface area contributed by atoms with Crippen LogP contribution in [0.15, 0.2) is 89.2 Å². The van der Waals surface area contributed by atoms with Crippen LogP contribution in [0.4, 0.5) is 17.2 Å². The molecule has 0 unspecified atom stereocenters. The number of nitrogens with one attached hydrogen (secondary N) is 1. The lowest BCUT2D eigenvalue weighted by Crippen LogP contribution is -2.24. The fourth-order valence-corrected chi connectivity index (χ4v) is 4.65. The number of aromatic nitrogens is 3. The maximum absolute atomic E-state index is 5.44. The number of fused-ring (bicyclic) bond motifs is 2. The number of pyridine rings is 1. The van der Waals surface area contributed by atoms with Crippen LogP contribution in [0.1, 0.15) is 16.8 Å². The monoisotopic (exact) mass is 441 g/mol. The molecule has 0 saturated carbocycles. The molecule has 160 valence electrons. The van der Waals surface area contributed by atoms with E-state index < -0.39 is 0 Å². The van der Waals surface area contributed by atoms with Gasteiger partial charge in [0, 0.05) is 43.1 Å². The molecule has 4 aromatic rings. The molecule has 0 saturated heterocycles. The molecule has 6 nitrogen and oxygen atoms in total. The zero-order valence-electron chi connectivity index (χ0n) is 17.7. The molecule has 0 amide bonds. The van der Waals surface area contributed by atoms with Gasteiger partial charge in [-0.1, -0.05) is 48.2 Å². The third-order valence-corrected chi connectivity index (χ3v) is 6.28. The average Bonchev–Trinajstić information content (AvgIpc) is 2.84. The van der Waals surface area contributed by atoms with Gasteiger partial charge in [-0.25, -0.2) is 9.97 Å². The third-order valence-electron chi connectivity index (χ3n) is 5.23. The second-order valence-electron chi connectivity index (χ2n) is 7.49. The number of hydrogen-bond donors (Lipinski definition) is 1. The van der Waals surface area contributed by atoms with Gasteiger partial charge in [0.2, 0.25) is 0 Å². The van der Waals surface area contributed by atoms with Gasteiger partial charge in [0.15, 0.2) is 5.82 Å². The zero-order chi connectivity index (χ0) is 21.8. The van der Waals surface area contributed by atoms with Crippen molar-refractivity contribution in [3.05, 3.63) is 96.1 Å². The number of ether oxygens (including phenoxy) is 1. The topological polar surface area (TPSA) is 63.2 Å². The highest BCUT2D eigenvalue weighted by Gasteiger charge is 2.25. The predicted octanol–water partition coefficient (Wildman–Crippen LogP) is 5.28. The normalized spacial score (nSPS) is 12.2. The van der Waals surface area contributed by atoms with Gasteiger partial charge in [0.05, 0.1) is 17.6 Å². The Kier molecular flexibility index (Phi) is 6.00. The van der Waals surface area contributed by atoms with Crippen molar-refractivity contribution in [3.8, 4) is 0 Å². The maximum atomic E-state index is 5.44. The molecule has 0 aliphatic carbocycles. The van der Waals surface area contributed by atoms with Crippen LogP contribution in [0.5, 0.6) is 0 Å². The van der Waals surface area contributed by atoms with E-state index in [2.05, 4.69) is 79.8 Å². The van der Waals surface area contributed by atoms with Crippen LogP contribution in [0.25, 0.3) is 0 Å². The SMILES string of the molecule is COCN1c2cc(CNc3ccc(Cc4ccccc4)nc3)ccc2Sc2nccnc21. The van der Waals surface area contributed by atoms with Crippen molar-refractivity contribution in [1.29, 1.82) is 0 Å². The van der Waals surface area contributed by atoms with E-state index >= 15 is 0 Å². The second kappa shape index (κ2) is 9.38. The molecule has 0 radical (unpaired) electrons. The molecule has 3 heterocycles. The Morgan fingerprint density at radius 1 is 0.938 bits per heavy atom. The van der Waals surface area contributed by atoms with E-state index in [0.717, 1.165) is 39.2 Å². The zero-order valence-corrected chi connectivity index (χ0v) is 18.5. The molecular weight excluding hydrogens is 418 g/mol. The Bertz CT molecular complexity index is 1200. The van der Waals surface area contributed by atoms with E-state index in [4.69, 9.17) is 4.74 Å². The smallest absolute Gasteiger partial charge is 0.168 e. The molecule has 32 heavy (non-hydrogen) atoms. The number of benzene rings is 2. The minimum absolute atomic E-state index is 0.420. The molecule has 0 fully saturated rings. The number of hydrogen-bond acceptors (Lipinski definition) is 7. The summed E-state index contributed by atoms with van der Waals surface area (Å²) in [6, 6.07) is 21.0. The lowest BCUT2D eigenvalue weighted by atomic mass is 10.1. The standard InChI is InChI=1S/C25H23N5OS/c1-31-17-30-22-14-19(7-10-23(22)32-25-24(30)26-11-12-27-25)15-28-21-9-8-20(29-16-21)13-18-5-3-2-4-6-18/h2-12,14,16,28H,13,15,17H2,1H3. The summed E-state index contributed by atoms with van der Waals surface area (Å²) in [5, 5.41) is 4.37. The molecule has 2 aromatic heterocycles. The van der Waals surface area contributed by atoms with E-state index in [9.17, 15) is 0 Å². The second-order valence-corrected chi connectivity index (χ2v) is 8.52. The molecule has 1 aliphatic heterocycles. The highest BCUT2D eigenvalue weighted by molar-refractivity contribution is 7.99. The van der Waals surface area contributed by atoms with Crippen molar-refractivity contribution in [2.75, 3.05) is 24.1 Å². The Morgan fingerprint density at radius 3 is 2.62 bits per heavy atom. The summed E-state index contributed by atoms with van der Waals surface area (Å²) in [4.78, 5) is 16.8. The van der Waals surface area contributed by atoms with Gasteiger partial charge in [-0.2, -0.15) is 0 Å². The highest BCUT2D eigenvalue weighted by Crippen LogP contribution is 2.46. The summed E-state index contributed by atoms with van der Waals surface area (Å²) >= 11 is 1.64. The quantitative estimate of drug-likeness (QED) is 0.418. The first-order valence-corrected chi connectivity index (χ1v) is 11.2. The van der Waals surface area contributed by atoms with Crippen molar-refractivity contribution in [1.82, 2.24) is 15.0 Å². The summed E-state index contributed by atoms with van der Waals surface area (Å²) < 4.78 is 5.44. The fraction of sp³-hybridized carbons (Fsp3) is 0.160. The van der Waals surface area contributed by atoms with Gasteiger partial charge in [-0.3, -0.25) is 9.88 Å². The maximum Gasteiger partial charge on any atom is 0.168 e. The summed E-state index contributed by atoms with van der Waals surface area (Å²) in [7, 11) is 1.69. The Balaban J connectivity index is 1.28. The molecule has 7 heteroatoms. The van der Waals surface area contributed by atoms with Crippen molar-refractivity contribution < 1.29 is 4.74 Å². The molecule has 5 rings (SSSR count). The van der Waals surface area contributed by atoms with E-state index in [0.29, 0.717) is 13.3 Å². The first-order chi connectivity index (χ1) is 15.8. The number of nitrogens with zero attached hydrogens (tertiary/aromatic N) is 4. The number of methoxy groups -OCH3 is 1. The molecule has 1 N–H and O–H groups in total. The number of anilines is 3. The minimum atomic E-state index is 0.420. The summed E-state index contributed by atoms with van der Waals surface area (Å²) in [6.45, 7) is 1.12. The van der Waals surface area contributed by atoms with Crippen molar-refractivity contribution in [3.63, 3.8) is 0 Å². The van der Waals surface area contributed by atoms with Crippen LogP contribution in [-0.2, 0) is 17.7 Å². The summed E-state index contributed by atoms with van der Waals surface area (Å²) in [5.74, 6) is 0.829. The molecule has 2 aromatic carbocycles. The molecule has 0 atom stereocenters. The van der Waals surface area contributed by atoms with E-state index in [-0.39, 0.29) is 0 Å². The van der Waals surface area contributed by atoms with Gasteiger partial charge in [-0.05, 0) is 35.4 Å². The van der Waals surface area contributed by atoms with Crippen LogP contribution < -0.4 is 10.2 Å². The third kappa shape index (κ3) is 4.44. The number of rotatable bonds is 7. The van der Waals surface area contributed by atoms with E-state index in [1.165, 1.54) is 11.1 Å². The lowest BCUT2D eigenvalue weighted by molar-refractivity contribution is 0.204. The Hall–Kier alpha value is -3.42.